The van der Waals surface area contributed by atoms with E-state index >= 15 is 0 Å². The summed E-state index contributed by atoms with van der Waals surface area (Å²) in [6.07, 6.45) is 0. The molecule has 5 rings (SSSR count). The molecule has 0 radical (unpaired) electrons. The van der Waals surface area contributed by atoms with Gasteiger partial charge in [0.2, 0.25) is 5.04 Å². The monoisotopic (exact) mass is 500 g/mol. The van der Waals surface area contributed by atoms with Crippen LogP contribution in [0, 0.1) is 0 Å². The van der Waals surface area contributed by atoms with Gasteiger partial charge in [0.05, 0.1) is 23.7 Å². The number of hydrazone groups is 1. The molecule has 35 heavy (non-hydrogen) atoms. The van der Waals surface area contributed by atoms with E-state index in [4.69, 9.17) is 9.73 Å². The quantitative estimate of drug-likeness (QED) is 0.328. The number of ether oxygens (including phenoxy) is 1. The minimum absolute atomic E-state index is 0.173. The minimum Gasteiger partial charge on any atom is -0.461 e. The van der Waals surface area contributed by atoms with Crippen LogP contribution in [-0.4, -0.2) is 28.7 Å². The van der Waals surface area contributed by atoms with Crippen molar-refractivity contribution in [3.63, 3.8) is 0 Å². The molecule has 2 aliphatic rings. The number of para-hydroxylation sites is 3. The maximum absolute atomic E-state index is 13.8. The summed E-state index contributed by atoms with van der Waals surface area (Å²) in [6.45, 7) is 1.98. The molecule has 174 valence electrons. The fraction of sp³-hybridized carbons (Fsp3) is 0.0769. The van der Waals surface area contributed by atoms with Crippen molar-refractivity contribution in [3.8, 4) is 0 Å². The molecule has 3 aromatic carbocycles. The first-order chi connectivity index (χ1) is 17.2. The van der Waals surface area contributed by atoms with Gasteiger partial charge in [-0.05, 0) is 66.8 Å². The maximum atomic E-state index is 13.8. The number of carbonyl (C=O) groups excluding carboxylic acids is 2. The van der Waals surface area contributed by atoms with Crippen molar-refractivity contribution in [1.82, 2.24) is 0 Å². The van der Waals surface area contributed by atoms with E-state index < -0.39 is 5.97 Å². The Morgan fingerprint density at radius 1 is 0.886 bits per heavy atom. The standard InChI is InChI=1S/C26H20N4O3S2/c1-2-33-25(32)22-28-30(20-16-10-5-11-17-20)24(35-22)21-23(31)29(19-14-8-4-9-15-19)26(34-21)27-18-12-6-3-7-13-18/h3-17H,2H2,1H3. The number of benzene rings is 3. The first-order valence-electron chi connectivity index (χ1n) is 10.9. The summed E-state index contributed by atoms with van der Waals surface area (Å²) in [5, 5.41) is 7.35. The molecular formula is C26H20N4O3S2. The third kappa shape index (κ3) is 4.73. The van der Waals surface area contributed by atoms with Crippen molar-refractivity contribution in [1.29, 1.82) is 0 Å². The molecule has 0 atom stereocenters. The fourth-order valence-electron chi connectivity index (χ4n) is 3.45. The molecule has 0 aromatic heterocycles. The molecule has 2 aliphatic heterocycles. The SMILES string of the molecule is CCOC(=O)C1=NN(c2ccccc2)C(=C2SC(=Nc3ccccc3)N(c3ccccc3)C2=O)S1. The number of thioether (sulfide) groups is 2. The number of esters is 1. The zero-order valence-corrected chi connectivity index (χ0v) is 20.3. The van der Waals surface area contributed by atoms with Gasteiger partial charge in [-0.2, -0.15) is 5.10 Å². The fourth-order valence-corrected chi connectivity index (χ4v) is 5.52. The largest absolute Gasteiger partial charge is 0.461 e. The van der Waals surface area contributed by atoms with Crippen LogP contribution in [0.3, 0.4) is 0 Å². The van der Waals surface area contributed by atoms with E-state index in [1.54, 1.807) is 16.8 Å². The summed E-state index contributed by atoms with van der Waals surface area (Å²) in [4.78, 5) is 33.1. The number of rotatable bonds is 5. The van der Waals surface area contributed by atoms with Gasteiger partial charge in [0.15, 0.2) is 5.17 Å². The van der Waals surface area contributed by atoms with Crippen LogP contribution in [0.15, 0.2) is 111 Å². The van der Waals surface area contributed by atoms with Crippen LogP contribution in [-0.2, 0) is 14.3 Å². The van der Waals surface area contributed by atoms with Gasteiger partial charge < -0.3 is 4.74 Å². The second-order valence-corrected chi connectivity index (χ2v) is 9.27. The van der Waals surface area contributed by atoms with Crippen LogP contribution in [0.25, 0.3) is 0 Å². The van der Waals surface area contributed by atoms with Gasteiger partial charge >= 0.3 is 5.97 Å². The Morgan fingerprint density at radius 3 is 2.11 bits per heavy atom. The number of hydrogen-bond donors (Lipinski definition) is 0. The van der Waals surface area contributed by atoms with Crippen LogP contribution in [0.1, 0.15) is 6.92 Å². The molecule has 1 saturated heterocycles. The van der Waals surface area contributed by atoms with E-state index in [9.17, 15) is 9.59 Å². The van der Waals surface area contributed by atoms with Crippen molar-refractivity contribution in [2.75, 3.05) is 16.5 Å². The number of aliphatic imine (C=N–C) groups is 1. The lowest BCUT2D eigenvalue weighted by Crippen LogP contribution is -2.29. The van der Waals surface area contributed by atoms with Gasteiger partial charge in [0.1, 0.15) is 9.93 Å². The molecule has 0 unspecified atom stereocenters. The molecule has 1 amide bonds. The second-order valence-electron chi connectivity index (χ2n) is 7.32. The highest BCUT2D eigenvalue weighted by Gasteiger charge is 2.41. The van der Waals surface area contributed by atoms with Crippen molar-refractivity contribution in [2.24, 2.45) is 10.1 Å². The van der Waals surface area contributed by atoms with Gasteiger partial charge in [-0.3, -0.25) is 9.69 Å². The molecule has 0 aliphatic carbocycles. The predicted molar refractivity (Wildman–Crippen MR) is 143 cm³/mol. The molecule has 0 spiro atoms. The molecule has 1 fully saturated rings. The van der Waals surface area contributed by atoms with Crippen LogP contribution in [0.4, 0.5) is 17.1 Å². The molecule has 9 heteroatoms. The van der Waals surface area contributed by atoms with Crippen LogP contribution in [0.2, 0.25) is 0 Å². The number of amidine groups is 1. The number of carbonyl (C=O) groups is 2. The van der Waals surface area contributed by atoms with E-state index in [-0.39, 0.29) is 17.6 Å². The molecule has 0 N–H and O–H groups in total. The lowest BCUT2D eigenvalue weighted by molar-refractivity contribution is -0.134. The van der Waals surface area contributed by atoms with E-state index in [1.165, 1.54) is 11.8 Å². The third-order valence-electron chi connectivity index (χ3n) is 5.00. The molecular weight excluding hydrogens is 480 g/mol. The van der Waals surface area contributed by atoms with Crippen LogP contribution < -0.4 is 9.91 Å². The number of hydrogen-bond acceptors (Lipinski definition) is 8. The average molecular weight is 501 g/mol. The Morgan fingerprint density at radius 2 is 1.49 bits per heavy atom. The van der Waals surface area contributed by atoms with E-state index in [0.29, 0.717) is 20.8 Å². The lowest BCUT2D eigenvalue weighted by Gasteiger charge is -2.17. The first kappa shape index (κ1) is 22.9. The Kier molecular flexibility index (Phi) is 6.69. The molecule has 0 saturated carbocycles. The highest BCUT2D eigenvalue weighted by Crippen LogP contribution is 2.45. The summed E-state index contributed by atoms with van der Waals surface area (Å²) < 4.78 is 5.17. The normalized spacial score (nSPS) is 18.8. The average Bonchev–Trinajstić information content (AvgIpc) is 3.47. The van der Waals surface area contributed by atoms with Crippen molar-refractivity contribution < 1.29 is 14.3 Å². The Balaban J connectivity index is 1.62. The second kappa shape index (κ2) is 10.2. The summed E-state index contributed by atoms with van der Waals surface area (Å²) in [5.41, 5.74) is 2.17. The van der Waals surface area contributed by atoms with Gasteiger partial charge in [-0.15, -0.1) is 0 Å². The summed E-state index contributed by atoms with van der Waals surface area (Å²) in [7, 11) is 0. The Hall–Kier alpha value is -3.82. The molecule has 7 nitrogen and oxygen atoms in total. The number of anilines is 2. The maximum Gasteiger partial charge on any atom is 0.365 e. The first-order valence-corrected chi connectivity index (χ1v) is 12.5. The van der Waals surface area contributed by atoms with Crippen LogP contribution >= 0.6 is 23.5 Å². The van der Waals surface area contributed by atoms with E-state index in [0.717, 1.165) is 23.1 Å². The highest BCUT2D eigenvalue weighted by atomic mass is 32.2. The topological polar surface area (TPSA) is 74.6 Å². The molecule has 3 aromatic rings. The van der Waals surface area contributed by atoms with Crippen molar-refractivity contribution in [2.45, 2.75) is 6.92 Å². The van der Waals surface area contributed by atoms with Gasteiger partial charge in [0, 0.05) is 0 Å². The van der Waals surface area contributed by atoms with Gasteiger partial charge in [-0.1, -0.05) is 54.6 Å². The number of amides is 1. The number of nitrogens with zero attached hydrogens (tertiary/aromatic N) is 4. The highest BCUT2D eigenvalue weighted by molar-refractivity contribution is 8.22. The summed E-state index contributed by atoms with van der Waals surface area (Å²) in [6, 6.07) is 28.3. The molecule has 0 bridgehead atoms. The summed E-state index contributed by atoms with van der Waals surface area (Å²) in [5.74, 6) is -0.762. The van der Waals surface area contributed by atoms with Crippen molar-refractivity contribution >= 4 is 62.7 Å². The third-order valence-corrected chi connectivity index (χ3v) is 7.17. The predicted octanol–water partition coefficient (Wildman–Crippen LogP) is 5.75. The van der Waals surface area contributed by atoms with E-state index in [2.05, 4.69) is 5.10 Å². The smallest absolute Gasteiger partial charge is 0.365 e. The molecule has 2 heterocycles. The zero-order chi connectivity index (χ0) is 24.2. The van der Waals surface area contributed by atoms with Crippen LogP contribution in [0.5, 0.6) is 0 Å². The lowest BCUT2D eigenvalue weighted by atomic mass is 10.3. The van der Waals surface area contributed by atoms with Gasteiger partial charge in [0.25, 0.3) is 5.91 Å². The summed E-state index contributed by atoms with van der Waals surface area (Å²) >= 11 is 2.38. The zero-order valence-electron chi connectivity index (χ0n) is 18.7. The van der Waals surface area contributed by atoms with Gasteiger partial charge in [-0.25, -0.2) is 14.8 Å². The van der Waals surface area contributed by atoms with E-state index in [1.807, 2.05) is 91.0 Å². The minimum atomic E-state index is -0.525. The van der Waals surface area contributed by atoms with Crippen molar-refractivity contribution in [3.05, 3.63) is 101 Å². The Labute approximate surface area is 211 Å². The Bertz CT molecular complexity index is 1340.